The summed E-state index contributed by atoms with van der Waals surface area (Å²) in [5.41, 5.74) is 1.38. The monoisotopic (exact) mass is 426 g/mol. The van der Waals surface area contributed by atoms with Crippen molar-refractivity contribution in [3.8, 4) is 0 Å². The van der Waals surface area contributed by atoms with E-state index in [2.05, 4.69) is 17.2 Å². The van der Waals surface area contributed by atoms with E-state index in [0.717, 1.165) is 23.8 Å². The van der Waals surface area contributed by atoms with Crippen molar-refractivity contribution < 1.29 is 17.6 Å². The van der Waals surface area contributed by atoms with Crippen molar-refractivity contribution in [3.05, 3.63) is 60.1 Å². The van der Waals surface area contributed by atoms with Crippen molar-refractivity contribution in [1.82, 2.24) is 10.3 Å². The molecule has 1 aromatic carbocycles. The largest absolute Gasteiger partial charge is 0.449 e. The first-order valence-electron chi connectivity index (χ1n) is 10.3. The van der Waals surface area contributed by atoms with Crippen LogP contribution in [0.5, 0.6) is 0 Å². The summed E-state index contributed by atoms with van der Waals surface area (Å²) in [6.07, 6.45) is 5.97. The number of hydrogen-bond acceptors (Lipinski definition) is 5. The van der Waals surface area contributed by atoms with Crippen LogP contribution in [0, 0.1) is 11.8 Å². The number of pyridine rings is 1. The average molecular weight is 427 g/mol. The van der Waals surface area contributed by atoms with E-state index in [0.29, 0.717) is 22.8 Å². The van der Waals surface area contributed by atoms with Gasteiger partial charge < -0.3 is 9.73 Å². The van der Waals surface area contributed by atoms with Gasteiger partial charge in [-0.3, -0.25) is 9.78 Å². The topological polar surface area (TPSA) is 89.3 Å². The number of nitrogens with zero attached hydrogens (tertiary/aromatic N) is 1. The zero-order valence-electron chi connectivity index (χ0n) is 17.2. The van der Waals surface area contributed by atoms with Gasteiger partial charge in [-0.2, -0.15) is 0 Å². The first-order valence-corrected chi connectivity index (χ1v) is 11.8. The molecule has 3 unspecified atom stereocenters. The molecule has 3 atom stereocenters. The number of rotatable bonds is 5. The molecule has 2 aromatic heterocycles. The van der Waals surface area contributed by atoms with E-state index in [1.165, 1.54) is 0 Å². The molecule has 1 amide bonds. The summed E-state index contributed by atoms with van der Waals surface area (Å²) < 4.78 is 31.7. The maximum absolute atomic E-state index is 13.1. The van der Waals surface area contributed by atoms with Crippen LogP contribution in [0.25, 0.3) is 11.0 Å². The van der Waals surface area contributed by atoms with Gasteiger partial charge in [-0.05, 0) is 54.5 Å². The van der Waals surface area contributed by atoms with Crippen LogP contribution in [-0.4, -0.2) is 24.6 Å². The van der Waals surface area contributed by atoms with Gasteiger partial charge in [0.25, 0.3) is 5.91 Å². The molecule has 3 aromatic rings. The molecule has 0 saturated heterocycles. The second kappa shape index (κ2) is 8.22. The molecule has 7 heteroatoms. The van der Waals surface area contributed by atoms with Crippen LogP contribution in [0.4, 0.5) is 0 Å². The van der Waals surface area contributed by atoms with Gasteiger partial charge in [0, 0.05) is 18.1 Å². The van der Waals surface area contributed by atoms with Crippen LogP contribution in [0.2, 0.25) is 0 Å². The molecule has 30 heavy (non-hydrogen) atoms. The van der Waals surface area contributed by atoms with Gasteiger partial charge >= 0.3 is 0 Å². The van der Waals surface area contributed by atoms with E-state index in [1.54, 1.807) is 48.8 Å². The third-order valence-corrected chi connectivity index (χ3v) is 8.42. The lowest BCUT2D eigenvalue weighted by molar-refractivity contribution is 0.0925. The highest BCUT2D eigenvalue weighted by Crippen LogP contribution is 2.35. The molecule has 0 aliphatic heterocycles. The number of sulfone groups is 1. The minimum atomic E-state index is -3.36. The van der Waals surface area contributed by atoms with Crippen LogP contribution in [0.1, 0.15) is 49.2 Å². The Bertz CT molecular complexity index is 1120. The zero-order chi connectivity index (χ0) is 21.3. The molecule has 1 aliphatic rings. The summed E-state index contributed by atoms with van der Waals surface area (Å²) in [6.45, 7) is 4.44. The van der Waals surface area contributed by atoms with Crippen LogP contribution in [-0.2, 0) is 16.4 Å². The predicted molar refractivity (Wildman–Crippen MR) is 115 cm³/mol. The van der Waals surface area contributed by atoms with Crippen molar-refractivity contribution >= 4 is 26.7 Å². The lowest BCUT2D eigenvalue weighted by atomic mass is 9.84. The molecule has 158 valence electrons. The highest BCUT2D eigenvalue weighted by Gasteiger charge is 2.36. The van der Waals surface area contributed by atoms with E-state index in [4.69, 9.17) is 4.42 Å². The number of carbonyl (C=O) groups is 1. The summed E-state index contributed by atoms with van der Waals surface area (Å²) in [4.78, 5) is 16.7. The van der Waals surface area contributed by atoms with Gasteiger partial charge in [0.1, 0.15) is 0 Å². The lowest BCUT2D eigenvalue weighted by Crippen LogP contribution is -2.34. The summed E-state index contributed by atoms with van der Waals surface area (Å²) in [6, 6.07) is 10.3. The van der Waals surface area contributed by atoms with Crippen molar-refractivity contribution in [1.29, 1.82) is 0 Å². The molecule has 6 nitrogen and oxygen atoms in total. The molecule has 0 spiro atoms. The third kappa shape index (κ3) is 4.12. The second-order valence-corrected chi connectivity index (χ2v) is 10.5. The molecule has 1 saturated carbocycles. The van der Waals surface area contributed by atoms with Crippen LogP contribution < -0.4 is 5.32 Å². The average Bonchev–Trinajstić information content (AvgIpc) is 3.18. The van der Waals surface area contributed by atoms with Crippen LogP contribution in [0.15, 0.2) is 58.1 Å². The Balaban J connectivity index is 1.42. The number of furan rings is 1. The Morgan fingerprint density at radius 1 is 1.17 bits per heavy atom. The maximum Gasteiger partial charge on any atom is 0.287 e. The summed E-state index contributed by atoms with van der Waals surface area (Å²) in [5.74, 6) is 0.499. The fourth-order valence-electron chi connectivity index (χ4n) is 4.15. The van der Waals surface area contributed by atoms with Crippen molar-refractivity contribution in [2.45, 2.75) is 49.8 Å². The molecule has 1 fully saturated rings. The lowest BCUT2D eigenvalue weighted by Gasteiger charge is -2.32. The number of amides is 1. The van der Waals surface area contributed by atoms with Crippen molar-refractivity contribution in [3.63, 3.8) is 0 Å². The Hall–Kier alpha value is -2.67. The summed E-state index contributed by atoms with van der Waals surface area (Å²) in [7, 11) is -3.36. The normalized spacial score (nSPS) is 22.1. The van der Waals surface area contributed by atoms with Crippen molar-refractivity contribution in [2.24, 2.45) is 11.8 Å². The zero-order valence-corrected chi connectivity index (χ0v) is 18.0. The Morgan fingerprint density at radius 3 is 2.67 bits per heavy atom. The first kappa shape index (κ1) is 20.6. The van der Waals surface area contributed by atoms with E-state index in [9.17, 15) is 13.2 Å². The van der Waals surface area contributed by atoms with Gasteiger partial charge in [0.05, 0.1) is 16.3 Å². The fraction of sp³-hybridized carbons (Fsp3) is 0.391. The maximum atomic E-state index is 13.1. The van der Waals surface area contributed by atoms with E-state index >= 15 is 0 Å². The molecular weight excluding hydrogens is 400 g/mol. The highest BCUT2D eigenvalue weighted by molar-refractivity contribution is 7.92. The number of hydrogen-bond donors (Lipinski definition) is 1. The van der Waals surface area contributed by atoms with Crippen molar-refractivity contribution in [2.75, 3.05) is 0 Å². The van der Waals surface area contributed by atoms with Gasteiger partial charge in [-0.25, -0.2) is 8.42 Å². The molecule has 0 bridgehead atoms. The molecule has 2 heterocycles. The van der Waals surface area contributed by atoms with Gasteiger partial charge in [-0.1, -0.05) is 32.4 Å². The smallest absolute Gasteiger partial charge is 0.287 e. The summed E-state index contributed by atoms with van der Waals surface area (Å²) >= 11 is 0. The van der Waals surface area contributed by atoms with E-state index in [1.807, 2.05) is 6.92 Å². The number of fused-ring (bicyclic) bond motifs is 1. The fourth-order valence-corrected chi connectivity index (χ4v) is 6.34. The third-order valence-electron chi connectivity index (χ3n) is 6.03. The Morgan fingerprint density at radius 2 is 1.93 bits per heavy atom. The molecule has 4 rings (SSSR count). The minimum absolute atomic E-state index is 0.171. The SMILES string of the molecule is CC1CCC(C)C(S(=O)(=O)c2ccc(CNC(=O)c3cc4ccncc4o3)cc2)C1. The minimum Gasteiger partial charge on any atom is -0.449 e. The number of nitrogens with one attached hydrogen (secondary N) is 1. The van der Waals surface area contributed by atoms with Crippen LogP contribution >= 0.6 is 0 Å². The highest BCUT2D eigenvalue weighted by atomic mass is 32.2. The quantitative estimate of drug-likeness (QED) is 0.655. The van der Waals surface area contributed by atoms with Gasteiger partial charge in [0.2, 0.25) is 0 Å². The van der Waals surface area contributed by atoms with Gasteiger partial charge in [0.15, 0.2) is 21.2 Å². The molecular formula is C23H26N2O4S. The Kier molecular flexibility index (Phi) is 5.64. The molecule has 1 N–H and O–H groups in total. The van der Waals surface area contributed by atoms with Crippen LogP contribution in [0.3, 0.4) is 0 Å². The molecule has 0 radical (unpaired) electrons. The van der Waals surface area contributed by atoms with E-state index in [-0.39, 0.29) is 29.4 Å². The number of aromatic nitrogens is 1. The first-order chi connectivity index (χ1) is 14.3. The standard InChI is InChI=1S/C23H26N2O4S/c1-15-3-4-16(2)22(11-15)30(27,28)19-7-5-17(6-8-19)13-25-23(26)20-12-18-9-10-24-14-21(18)29-20/h5-10,12,14-16,22H,3-4,11,13H2,1-2H3,(H,25,26). The number of carbonyl (C=O) groups excluding carboxylic acids is 1. The van der Waals surface area contributed by atoms with E-state index < -0.39 is 9.84 Å². The molecule has 1 aliphatic carbocycles. The Labute approximate surface area is 176 Å². The number of benzene rings is 1. The summed E-state index contributed by atoms with van der Waals surface area (Å²) in [5, 5.41) is 3.30. The second-order valence-electron chi connectivity index (χ2n) is 8.33. The predicted octanol–water partition coefficient (Wildman–Crippen LogP) is 4.36. The van der Waals surface area contributed by atoms with Gasteiger partial charge in [-0.15, -0.1) is 0 Å².